The van der Waals surface area contributed by atoms with E-state index in [4.69, 9.17) is 0 Å². The molecule has 2 rings (SSSR count). The zero-order chi connectivity index (χ0) is 15.2. The fourth-order valence-corrected chi connectivity index (χ4v) is 2.98. The van der Waals surface area contributed by atoms with Crippen molar-refractivity contribution < 1.29 is 4.79 Å². The Hall–Kier alpha value is -1.27. The molecule has 0 bridgehead atoms. The van der Waals surface area contributed by atoms with Crippen LogP contribution in [-0.4, -0.2) is 21.2 Å². The van der Waals surface area contributed by atoms with E-state index >= 15 is 0 Å². The highest BCUT2D eigenvalue weighted by molar-refractivity contribution is 9.10. The van der Waals surface area contributed by atoms with Crippen molar-refractivity contribution in [1.82, 2.24) is 14.9 Å². The summed E-state index contributed by atoms with van der Waals surface area (Å²) in [5.41, 5.74) is 1.12. The molecule has 1 aromatic carbocycles. The molecule has 2 aromatic rings. The molecule has 112 valence electrons. The molecule has 0 spiro atoms. The standard InChI is InChI=1S/C15H18BrN3OS/c1-3-13(11-4-6-12(16)7-5-11)18-14(20)10-21-15-17-8-9-19(15)2/h4-9,13H,3,10H2,1-2H3,(H,18,20)/t13-/m0/s1. The Morgan fingerprint density at radius 2 is 2.14 bits per heavy atom. The maximum absolute atomic E-state index is 12.1. The van der Waals surface area contributed by atoms with Gasteiger partial charge in [-0.05, 0) is 24.1 Å². The molecule has 1 aromatic heterocycles. The van der Waals surface area contributed by atoms with Gasteiger partial charge in [-0.15, -0.1) is 0 Å². The number of carbonyl (C=O) groups is 1. The first-order valence-corrected chi connectivity index (χ1v) is 8.53. The van der Waals surface area contributed by atoms with Crippen molar-refractivity contribution in [3.05, 3.63) is 46.7 Å². The van der Waals surface area contributed by atoms with Crippen LogP contribution in [0.2, 0.25) is 0 Å². The van der Waals surface area contributed by atoms with Crippen LogP contribution >= 0.6 is 27.7 Å². The summed E-state index contributed by atoms with van der Waals surface area (Å²) in [6.07, 6.45) is 4.47. The van der Waals surface area contributed by atoms with Crippen LogP contribution in [-0.2, 0) is 11.8 Å². The highest BCUT2D eigenvalue weighted by Gasteiger charge is 2.13. The number of aryl methyl sites for hydroxylation is 1. The number of rotatable bonds is 6. The molecule has 0 saturated heterocycles. The summed E-state index contributed by atoms with van der Waals surface area (Å²) in [5.74, 6) is 0.399. The van der Waals surface area contributed by atoms with Crippen LogP contribution in [0.25, 0.3) is 0 Å². The van der Waals surface area contributed by atoms with Crippen molar-refractivity contribution in [3.8, 4) is 0 Å². The number of aromatic nitrogens is 2. The van der Waals surface area contributed by atoms with Crippen molar-refractivity contribution >= 4 is 33.6 Å². The quantitative estimate of drug-likeness (QED) is 0.794. The monoisotopic (exact) mass is 367 g/mol. The van der Waals surface area contributed by atoms with Crippen molar-refractivity contribution in [2.75, 3.05) is 5.75 Å². The predicted octanol–water partition coefficient (Wildman–Crippen LogP) is 3.54. The fourth-order valence-electron chi connectivity index (χ4n) is 1.97. The summed E-state index contributed by atoms with van der Waals surface area (Å²) in [6.45, 7) is 2.07. The van der Waals surface area contributed by atoms with Crippen LogP contribution in [0.3, 0.4) is 0 Å². The van der Waals surface area contributed by atoms with Crippen molar-refractivity contribution in [2.45, 2.75) is 24.5 Å². The summed E-state index contributed by atoms with van der Waals surface area (Å²) in [7, 11) is 1.92. The maximum Gasteiger partial charge on any atom is 0.230 e. The van der Waals surface area contributed by atoms with E-state index in [1.165, 1.54) is 11.8 Å². The van der Waals surface area contributed by atoms with Gasteiger partial charge in [-0.25, -0.2) is 4.98 Å². The molecule has 6 heteroatoms. The lowest BCUT2D eigenvalue weighted by atomic mass is 10.0. The SMILES string of the molecule is CC[C@H](NC(=O)CSc1nccn1C)c1ccc(Br)cc1. The van der Waals surface area contributed by atoms with Crippen molar-refractivity contribution in [3.63, 3.8) is 0 Å². The Labute approximate surface area is 137 Å². The average Bonchev–Trinajstić information content (AvgIpc) is 2.89. The Balaban J connectivity index is 1.90. The predicted molar refractivity (Wildman–Crippen MR) is 89.2 cm³/mol. The van der Waals surface area contributed by atoms with E-state index in [1.807, 2.05) is 42.1 Å². The number of halogens is 1. The van der Waals surface area contributed by atoms with E-state index < -0.39 is 0 Å². The van der Waals surface area contributed by atoms with Crippen molar-refractivity contribution in [1.29, 1.82) is 0 Å². The molecule has 0 unspecified atom stereocenters. The molecular formula is C15H18BrN3OS. The lowest BCUT2D eigenvalue weighted by Gasteiger charge is -2.17. The van der Waals surface area contributed by atoms with E-state index in [1.54, 1.807) is 6.20 Å². The van der Waals surface area contributed by atoms with Gasteiger partial charge in [0.05, 0.1) is 11.8 Å². The largest absolute Gasteiger partial charge is 0.349 e. The second kappa shape index (κ2) is 7.66. The zero-order valence-corrected chi connectivity index (χ0v) is 14.4. The Bertz CT molecular complexity index is 597. The Kier molecular flexibility index (Phi) is 5.87. The Morgan fingerprint density at radius 1 is 1.43 bits per heavy atom. The summed E-state index contributed by atoms with van der Waals surface area (Å²) in [4.78, 5) is 16.3. The molecular weight excluding hydrogens is 350 g/mol. The topological polar surface area (TPSA) is 46.9 Å². The number of carbonyl (C=O) groups excluding carboxylic acids is 1. The number of nitrogens with one attached hydrogen (secondary N) is 1. The third kappa shape index (κ3) is 4.61. The third-order valence-corrected chi connectivity index (χ3v) is 4.71. The van der Waals surface area contributed by atoms with Gasteiger partial charge >= 0.3 is 0 Å². The molecule has 1 amide bonds. The summed E-state index contributed by atoms with van der Waals surface area (Å²) < 4.78 is 2.95. The lowest BCUT2D eigenvalue weighted by molar-refractivity contribution is -0.119. The number of imidazole rings is 1. The fraction of sp³-hybridized carbons (Fsp3) is 0.333. The number of hydrogen-bond donors (Lipinski definition) is 1. The number of hydrogen-bond acceptors (Lipinski definition) is 3. The highest BCUT2D eigenvalue weighted by Crippen LogP contribution is 2.20. The van der Waals surface area contributed by atoms with Gasteiger partial charge in [0.2, 0.25) is 5.91 Å². The minimum absolute atomic E-state index is 0.0257. The number of benzene rings is 1. The van der Waals surface area contributed by atoms with Gasteiger partial charge in [0, 0.05) is 23.9 Å². The first kappa shape index (κ1) is 16.1. The van der Waals surface area contributed by atoms with E-state index in [0.717, 1.165) is 21.6 Å². The van der Waals surface area contributed by atoms with Crippen LogP contribution in [0.1, 0.15) is 24.9 Å². The lowest BCUT2D eigenvalue weighted by Crippen LogP contribution is -2.29. The first-order chi connectivity index (χ1) is 10.1. The molecule has 0 radical (unpaired) electrons. The molecule has 0 fully saturated rings. The summed E-state index contributed by atoms with van der Waals surface area (Å²) in [6, 6.07) is 8.10. The summed E-state index contributed by atoms with van der Waals surface area (Å²) in [5, 5.41) is 3.92. The van der Waals surface area contributed by atoms with E-state index in [9.17, 15) is 4.79 Å². The highest BCUT2D eigenvalue weighted by atomic mass is 79.9. The van der Waals surface area contributed by atoms with Gasteiger partial charge in [-0.3, -0.25) is 4.79 Å². The van der Waals surface area contributed by atoms with E-state index in [-0.39, 0.29) is 11.9 Å². The van der Waals surface area contributed by atoms with Crippen LogP contribution in [0.4, 0.5) is 0 Å². The normalized spacial score (nSPS) is 12.1. The van der Waals surface area contributed by atoms with Crippen LogP contribution in [0, 0.1) is 0 Å². The van der Waals surface area contributed by atoms with Gasteiger partial charge < -0.3 is 9.88 Å². The van der Waals surface area contributed by atoms with Gasteiger partial charge in [0.25, 0.3) is 0 Å². The minimum atomic E-state index is 0.0257. The number of amides is 1. The average molecular weight is 368 g/mol. The second-order valence-corrected chi connectivity index (χ2v) is 6.55. The van der Waals surface area contributed by atoms with Crippen LogP contribution < -0.4 is 5.32 Å². The molecule has 1 atom stereocenters. The van der Waals surface area contributed by atoms with E-state index in [2.05, 4.69) is 33.2 Å². The molecule has 21 heavy (non-hydrogen) atoms. The minimum Gasteiger partial charge on any atom is -0.349 e. The second-order valence-electron chi connectivity index (χ2n) is 4.69. The molecule has 0 aliphatic carbocycles. The molecule has 1 N–H and O–H groups in total. The van der Waals surface area contributed by atoms with Gasteiger partial charge in [-0.2, -0.15) is 0 Å². The van der Waals surface area contributed by atoms with Crippen LogP contribution in [0.15, 0.2) is 46.3 Å². The molecule has 0 aliphatic rings. The van der Waals surface area contributed by atoms with Gasteiger partial charge in [0.1, 0.15) is 0 Å². The zero-order valence-electron chi connectivity index (χ0n) is 12.0. The molecule has 0 aliphatic heterocycles. The first-order valence-electron chi connectivity index (χ1n) is 6.75. The maximum atomic E-state index is 12.1. The van der Waals surface area contributed by atoms with Crippen molar-refractivity contribution in [2.24, 2.45) is 7.05 Å². The van der Waals surface area contributed by atoms with Gasteiger partial charge in [0.15, 0.2) is 5.16 Å². The smallest absolute Gasteiger partial charge is 0.230 e. The molecule has 4 nitrogen and oxygen atoms in total. The van der Waals surface area contributed by atoms with Gasteiger partial charge in [-0.1, -0.05) is 46.7 Å². The Morgan fingerprint density at radius 3 is 2.71 bits per heavy atom. The molecule has 1 heterocycles. The summed E-state index contributed by atoms with van der Waals surface area (Å²) >= 11 is 4.87. The van der Waals surface area contributed by atoms with Crippen LogP contribution in [0.5, 0.6) is 0 Å². The number of nitrogens with zero attached hydrogens (tertiary/aromatic N) is 2. The third-order valence-electron chi connectivity index (χ3n) is 3.13. The van der Waals surface area contributed by atoms with E-state index in [0.29, 0.717) is 5.75 Å². The number of thioether (sulfide) groups is 1. The molecule has 0 saturated carbocycles.